The largest absolute Gasteiger partial charge is 0.445 e. The van der Waals surface area contributed by atoms with Gasteiger partial charge in [-0.15, -0.1) is 0 Å². The molecule has 1 aromatic carbocycles. The van der Waals surface area contributed by atoms with E-state index in [4.69, 9.17) is 4.74 Å². The highest BCUT2D eigenvalue weighted by Crippen LogP contribution is 2.07. The Hall–Kier alpha value is -1.55. The molecule has 0 aliphatic carbocycles. The zero-order valence-electron chi connectivity index (χ0n) is 11.2. The summed E-state index contributed by atoms with van der Waals surface area (Å²) in [4.78, 5) is 13.4. The number of carbonyl (C=O) groups excluding carboxylic acids is 1. The highest BCUT2D eigenvalue weighted by molar-refractivity contribution is 5.68. The number of ether oxygens (including phenoxy) is 1. The molecule has 1 amide bonds. The van der Waals surface area contributed by atoms with Crippen molar-refractivity contribution >= 4 is 6.09 Å². The van der Waals surface area contributed by atoms with E-state index in [1.165, 1.54) is 4.90 Å². The number of aliphatic hydroxyl groups excluding tert-OH is 1. The Bertz CT molecular complexity index is 363. The first-order valence-corrected chi connectivity index (χ1v) is 6.16. The van der Waals surface area contributed by atoms with Gasteiger partial charge in [0.2, 0.25) is 0 Å². The van der Waals surface area contributed by atoms with Gasteiger partial charge in [0.1, 0.15) is 6.61 Å². The van der Waals surface area contributed by atoms with E-state index in [0.717, 1.165) is 5.56 Å². The van der Waals surface area contributed by atoms with Crippen molar-refractivity contribution < 1.29 is 14.6 Å². The predicted octanol–water partition coefficient (Wildman–Crippen LogP) is 2.41. The minimum Gasteiger partial charge on any atom is -0.445 e. The normalized spacial score (nSPS) is 12.3. The van der Waals surface area contributed by atoms with Crippen LogP contribution in [0.2, 0.25) is 0 Å². The van der Waals surface area contributed by atoms with E-state index in [0.29, 0.717) is 0 Å². The average molecular weight is 251 g/mol. The van der Waals surface area contributed by atoms with Crippen molar-refractivity contribution in [1.29, 1.82) is 0 Å². The van der Waals surface area contributed by atoms with Gasteiger partial charge in [-0.05, 0) is 26.3 Å². The first-order valence-electron chi connectivity index (χ1n) is 6.16. The summed E-state index contributed by atoms with van der Waals surface area (Å²) in [5.74, 6) is 0. The Balaban J connectivity index is 2.52. The van der Waals surface area contributed by atoms with Crippen LogP contribution in [-0.2, 0) is 11.3 Å². The Labute approximate surface area is 108 Å². The third-order valence-corrected chi connectivity index (χ3v) is 2.52. The van der Waals surface area contributed by atoms with Crippen LogP contribution in [0.5, 0.6) is 0 Å². The molecule has 1 unspecified atom stereocenters. The van der Waals surface area contributed by atoms with E-state index in [1.807, 2.05) is 44.2 Å². The molecule has 1 atom stereocenters. The van der Waals surface area contributed by atoms with Crippen LogP contribution in [0, 0.1) is 0 Å². The first kappa shape index (κ1) is 14.5. The quantitative estimate of drug-likeness (QED) is 0.874. The fourth-order valence-corrected chi connectivity index (χ4v) is 1.58. The molecule has 0 saturated heterocycles. The number of hydrogen-bond acceptors (Lipinski definition) is 3. The minimum atomic E-state index is -0.559. The van der Waals surface area contributed by atoms with E-state index in [9.17, 15) is 9.90 Å². The predicted molar refractivity (Wildman–Crippen MR) is 70.1 cm³/mol. The topological polar surface area (TPSA) is 49.8 Å². The van der Waals surface area contributed by atoms with E-state index in [2.05, 4.69) is 0 Å². The molecule has 1 N–H and O–H groups in total. The number of carbonyl (C=O) groups is 1. The second kappa shape index (κ2) is 7.01. The second-order valence-electron chi connectivity index (χ2n) is 4.64. The standard InChI is InChI=1S/C14H21NO3/c1-11(2)15(9-12(3)16)14(17)18-10-13-7-5-4-6-8-13/h4-8,11-12,16H,9-10H2,1-3H3. The van der Waals surface area contributed by atoms with E-state index in [-0.39, 0.29) is 19.2 Å². The number of hydrogen-bond donors (Lipinski definition) is 1. The zero-order valence-corrected chi connectivity index (χ0v) is 11.2. The highest BCUT2D eigenvalue weighted by Gasteiger charge is 2.19. The summed E-state index contributed by atoms with van der Waals surface area (Å²) in [6.45, 7) is 5.98. The van der Waals surface area contributed by atoms with Gasteiger partial charge in [0, 0.05) is 12.6 Å². The Morgan fingerprint density at radius 2 is 1.89 bits per heavy atom. The maximum Gasteiger partial charge on any atom is 0.410 e. The zero-order chi connectivity index (χ0) is 13.5. The van der Waals surface area contributed by atoms with Gasteiger partial charge in [-0.25, -0.2) is 4.79 Å². The van der Waals surface area contributed by atoms with Crippen molar-refractivity contribution in [2.45, 2.75) is 39.5 Å². The molecule has 0 saturated carbocycles. The van der Waals surface area contributed by atoms with Gasteiger partial charge in [-0.1, -0.05) is 30.3 Å². The van der Waals surface area contributed by atoms with Crippen LogP contribution >= 0.6 is 0 Å². The van der Waals surface area contributed by atoms with Crippen LogP contribution < -0.4 is 0 Å². The van der Waals surface area contributed by atoms with Gasteiger partial charge in [0.15, 0.2) is 0 Å². The molecule has 0 heterocycles. The van der Waals surface area contributed by atoms with Crippen LogP contribution in [0.15, 0.2) is 30.3 Å². The number of aliphatic hydroxyl groups is 1. The molecule has 1 aromatic rings. The summed E-state index contributed by atoms with van der Waals surface area (Å²) in [6.07, 6.45) is -0.952. The van der Waals surface area contributed by atoms with Crippen LogP contribution in [-0.4, -0.2) is 34.8 Å². The summed E-state index contributed by atoms with van der Waals surface area (Å²) >= 11 is 0. The molecule has 4 heteroatoms. The molecule has 0 aromatic heterocycles. The van der Waals surface area contributed by atoms with Crippen molar-refractivity contribution in [3.8, 4) is 0 Å². The SMILES string of the molecule is CC(O)CN(C(=O)OCc1ccccc1)C(C)C. The monoisotopic (exact) mass is 251 g/mol. The maximum absolute atomic E-state index is 11.9. The van der Waals surface area contributed by atoms with Gasteiger partial charge in [0.25, 0.3) is 0 Å². The summed E-state index contributed by atoms with van der Waals surface area (Å²) in [5.41, 5.74) is 0.951. The third kappa shape index (κ3) is 4.75. The lowest BCUT2D eigenvalue weighted by molar-refractivity contribution is 0.0618. The smallest absolute Gasteiger partial charge is 0.410 e. The lowest BCUT2D eigenvalue weighted by Gasteiger charge is -2.27. The number of rotatable bonds is 5. The summed E-state index contributed by atoms with van der Waals surface area (Å²) in [7, 11) is 0. The Morgan fingerprint density at radius 3 is 2.39 bits per heavy atom. The molecule has 1 rings (SSSR count). The molecule has 0 fully saturated rings. The number of nitrogens with zero attached hydrogens (tertiary/aromatic N) is 1. The minimum absolute atomic E-state index is 0.00266. The van der Waals surface area contributed by atoms with Crippen molar-refractivity contribution in [3.05, 3.63) is 35.9 Å². The van der Waals surface area contributed by atoms with Gasteiger partial charge >= 0.3 is 6.09 Å². The van der Waals surface area contributed by atoms with E-state index in [1.54, 1.807) is 6.92 Å². The fourth-order valence-electron chi connectivity index (χ4n) is 1.58. The molecule has 0 spiro atoms. The second-order valence-corrected chi connectivity index (χ2v) is 4.64. The van der Waals surface area contributed by atoms with Gasteiger partial charge in [-0.2, -0.15) is 0 Å². The fraction of sp³-hybridized carbons (Fsp3) is 0.500. The summed E-state index contributed by atoms with van der Waals surface area (Å²) in [6, 6.07) is 9.53. The Morgan fingerprint density at radius 1 is 1.28 bits per heavy atom. The molecular weight excluding hydrogens is 230 g/mol. The van der Waals surface area contributed by atoms with Crippen molar-refractivity contribution in [2.75, 3.05) is 6.54 Å². The average Bonchev–Trinajstić information content (AvgIpc) is 2.34. The van der Waals surface area contributed by atoms with Crippen LogP contribution in [0.1, 0.15) is 26.3 Å². The molecule has 18 heavy (non-hydrogen) atoms. The number of benzene rings is 1. The highest BCUT2D eigenvalue weighted by atomic mass is 16.6. The molecule has 0 bridgehead atoms. The summed E-state index contributed by atoms with van der Waals surface area (Å²) in [5, 5.41) is 9.36. The van der Waals surface area contributed by atoms with Crippen molar-refractivity contribution in [2.24, 2.45) is 0 Å². The van der Waals surface area contributed by atoms with Crippen LogP contribution in [0.4, 0.5) is 4.79 Å². The number of amides is 1. The molecule has 100 valence electrons. The summed E-state index contributed by atoms with van der Waals surface area (Å²) < 4.78 is 5.23. The molecule has 0 aliphatic heterocycles. The third-order valence-electron chi connectivity index (χ3n) is 2.52. The molecule has 0 radical (unpaired) electrons. The van der Waals surface area contributed by atoms with Gasteiger partial charge < -0.3 is 14.7 Å². The molecular formula is C14H21NO3. The molecule has 0 aliphatic rings. The van der Waals surface area contributed by atoms with Crippen LogP contribution in [0.25, 0.3) is 0 Å². The van der Waals surface area contributed by atoms with Crippen LogP contribution in [0.3, 0.4) is 0 Å². The van der Waals surface area contributed by atoms with Gasteiger partial charge in [-0.3, -0.25) is 0 Å². The first-order chi connectivity index (χ1) is 8.50. The Kier molecular flexibility index (Phi) is 5.65. The van der Waals surface area contributed by atoms with Gasteiger partial charge in [0.05, 0.1) is 6.10 Å². The van der Waals surface area contributed by atoms with E-state index < -0.39 is 12.2 Å². The molecule has 4 nitrogen and oxygen atoms in total. The maximum atomic E-state index is 11.9. The lowest BCUT2D eigenvalue weighted by Crippen LogP contribution is -2.41. The van der Waals surface area contributed by atoms with Crippen molar-refractivity contribution in [3.63, 3.8) is 0 Å². The lowest BCUT2D eigenvalue weighted by atomic mass is 10.2. The van der Waals surface area contributed by atoms with E-state index >= 15 is 0 Å². The van der Waals surface area contributed by atoms with Crippen molar-refractivity contribution in [1.82, 2.24) is 4.90 Å².